The van der Waals surface area contributed by atoms with Crippen LogP contribution >= 0.6 is 0 Å². The highest BCUT2D eigenvalue weighted by Crippen LogP contribution is 2.45. The number of aromatic hydroxyl groups is 2. The van der Waals surface area contributed by atoms with Crippen LogP contribution in [-0.4, -0.2) is 36.2 Å². The van der Waals surface area contributed by atoms with E-state index >= 15 is 0 Å². The molecule has 0 amide bonds. The van der Waals surface area contributed by atoms with E-state index in [0.29, 0.717) is 17.3 Å². The molecule has 0 fully saturated rings. The molecule has 0 spiro atoms. The molecule has 0 heterocycles. The number of fused-ring (bicyclic) bond motifs is 1. The average molecular weight is 453 g/mol. The molecule has 0 aromatic heterocycles. The van der Waals surface area contributed by atoms with Crippen LogP contribution in [-0.2, 0) is 20.2 Å². The first kappa shape index (κ1) is 21.4. The molecule has 6 N–H and O–H groups in total. The SMILES string of the molecule is Cc1cc(N)ccc1N=Nc1c(S(=O)(=O)O)cc2cc(S(=O)(=O)O)cc(O)c2c1O. The van der Waals surface area contributed by atoms with E-state index in [-0.39, 0.29) is 16.5 Å². The van der Waals surface area contributed by atoms with Crippen LogP contribution in [0.25, 0.3) is 10.8 Å². The molecule has 0 radical (unpaired) electrons. The summed E-state index contributed by atoms with van der Waals surface area (Å²) in [5.41, 5.74) is 6.30. The van der Waals surface area contributed by atoms with Gasteiger partial charge in [-0.25, -0.2) is 0 Å². The summed E-state index contributed by atoms with van der Waals surface area (Å²) < 4.78 is 65.1. The Hall–Kier alpha value is -3.26. The van der Waals surface area contributed by atoms with Gasteiger partial charge >= 0.3 is 0 Å². The number of aryl methyl sites for hydroxylation is 1. The van der Waals surface area contributed by atoms with Crippen LogP contribution in [0.1, 0.15) is 5.56 Å². The van der Waals surface area contributed by atoms with Gasteiger partial charge in [-0.3, -0.25) is 9.11 Å². The van der Waals surface area contributed by atoms with Gasteiger partial charge in [-0.1, -0.05) is 0 Å². The second-order valence-corrected chi connectivity index (χ2v) is 9.12. The molecule has 0 saturated carbocycles. The minimum atomic E-state index is -4.96. The first-order valence-corrected chi connectivity index (χ1v) is 10.9. The molecule has 0 atom stereocenters. The number of nitrogens with zero attached hydrogens (tertiary/aromatic N) is 2. The second kappa shape index (κ2) is 7.21. The average Bonchev–Trinajstić information content (AvgIpc) is 2.60. The lowest BCUT2D eigenvalue weighted by molar-refractivity contribution is 0.457. The minimum absolute atomic E-state index is 0.288. The van der Waals surface area contributed by atoms with Gasteiger partial charge in [0.15, 0.2) is 5.75 Å². The highest BCUT2D eigenvalue weighted by molar-refractivity contribution is 7.86. The van der Waals surface area contributed by atoms with E-state index in [1.165, 1.54) is 12.1 Å². The Bertz CT molecular complexity index is 1430. The summed E-state index contributed by atoms with van der Waals surface area (Å²) in [7, 11) is -9.71. The van der Waals surface area contributed by atoms with E-state index in [9.17, 15) is 36.2 Å². The van der Waals surface area contributed by atoms with Crippen LogP contribution in [0, 0.1) is 6.92 Å². The van der Waals surface area contributed by atoms with E-state index in [2.05, 4.69) is 10.2 Å². The van der Waals surface area contributed by atoms with Crippen molar-refractivity contribution in [2.75, 3.05) is 5.73 Å². The number of anilines is 1. The topological polar surface area (TPSA) is 200 Å². The van der Waals surface area contributed by atoms with Crippen molar-refractivity contribution in [3.63, 3.8) is 0 Å². The molecule has 0 saturated heterocycles. The monoisotopic (exact) mass is 453 g/mol. The van der Waals surface area contributed by atoms with Crippen molar-refractivity contribution in [1.82, 2.24) is 0 Å². The number of nitrogen functional groups attached to an aromatic ring is 1. The maximum absolute atomic E-state index is 11.8. The third-order valence-electron chi connectivity index (χ3n) is 4.16. The molecule has 3 aromatic rings. The van der Waals surface area contributed by atoms with E-state index in [1.54, 1.807) is 13.0 Å². The summed E-state index contributed by atoms with van der Waals surface area (Å²) in [6.45, 7) is 1.66. The Morgan fingerprint density at radius 1 is 0.900 bits per heavy atom. The number of nitrogens with two attached hydrogens (primary N) is 1. The van der Waals surface area contributed by atoms with Gasteiger partial charge in [-0.2, -0.15) is 21.9 Å². The summed E-state index contributed by atoms with van der Waals surface area (Å²) in [5, 5.41) is 27.6. The van der Waals surface area contributed by atoms with Crippen molar-refractivity contribution >= 4 is 48.1 Å². The number of phenols is 2. The Morgan fingerprint density at radius 2 is 1.57 bits per heavy atom. The molecule has 0 aliphatic heterocycles. The van der Waals surface area contributed by atoms with Gasteiger partial charge in [-0.05, 0) is 48.2 Å². The fourth-order valence-corrected chi connectivity index (χ4v) is 3.97. The number of hydrogen-bond donors (Lipinski definition) is 5. The lowest BCUT2D eigenvalue weighted by atomic mass is 10.1. The predicted octanol–water partition coefficient (Wildman–Crippen LogP) is 3.05. The zero-order valence-corrected chi connectivity index (χ0v) is 16.8. The summed E-state index contributed by atoms with van der Waals surface area (Å²) in [4.78, 5) is -1.64. The van der Waals surface area contributed by atoms with Gasteiger partial charge in [0.05, 0.1) is 16.0 Å². The van der Waals surface area contributed by atoms with Crippen molar-refractivity contribution in [3.8, 4) is 11.5 Å². The molecule has 13 heteroatoms. The fraction of sp³-hybridized carbons (Fsp3) is 0.0588. The molecule has 30 heavy (non-hydrogen) atoms. The molecule has 11 nitrogen and oxygen atoms in total. The number of hydrogen-bond acceptors (Lipinski definition) is 9. The molecule has 0 aliphatic carbocycles. The van der Waals surface area contributed by atoms with Crippen molar-refractivity contribution in [2.24, 2.45) is 10.2 Å². The third-order valence-corrected chi connectivity index (χ3v) is 5.86. The molecular weight excluding hydrogens is 438 g/mol. The normalized spacial score (nSPS) is 12.6. The number of phenolic OH excluding ortho intramolecular Hbond substituents is 2. The fourth-order valence-electron chi connectivity index (χ4n) is 2.78. The summed E-state index contributed by atoms with van der Waals surface area (Å²) in [6.07, 6.45) is 0. The zero-order valence-electron chi connectivity index (χ0n) is 15.2. The zero-order chi connectivity index (χ0) is 22.4. The Balaban J connectivity index is 2.34. The van der Waals surface area contributed by atoms with E-state index in [0.717, 1.165) is 12.1 Å². The summed E-state index contributed by atoms with van der Waals surface area (Å²) in [6, 6.07) is 6.85. The standard InChI is InChI=1S/C17H15N3O8S2/c1-8-4-10(18)2-3-12(8)19-20-16-14(30(26,27)28)6-9-5-11(29(23,24)25)7-13(21)15(9)17(16)22/h2-7,21-22H,18H2,1H3,(H,23,24,25)(H,26,27,28). The molecule has 3 aromatic carbocycles. The third kappa shape index (κ3) is 4.04. The van der Waals surface area contributed by atoms with Crippen LogP contribution in [0.3, 0.4) is 0 Å². The minimum Gasteiger partial charge on any atom is -0.507 e. The van der Waals surface area contributed by atoms with Crippen LogP contribution in [0.4, 0.5) is 17.1 Å². The second-order valence-electron chi connectivity index (χ2n) is 6.31. The van der Waals surface area contributed by atoms with Gasteiger partial charge in [0.25, 0.3) is 20.2 Å². The number of rotatable bonds is 4. The van der Waals surface area contributed by atoms with E-state index in [1.807, 2.05) is 0 Å². The molecule has 158 valence electrons. The van der Waals surface area contributed by atoms with Crippen molar-refractivity contribution in [2.45, 2.75) is 16.7 Å². The molecule has 0 bridgehead atoms. The van der Waals surface area contributed by atoms with Crippen molar-refractivity contribution in [3.05, 3.63) is 42.0 Å². The summed E-state index contributed by atoms with van der Waals surface area (Å²) in [5.74, 6) is -1.66. The first-order valence-electron chi connectivity index (χ1n) is 8.04. The smallest absolute Gasteiger partial charge is 0.296 e. The van der Waals surface area contributed by atoms with Crippen LogP contribution in [0.2, 0.25) is 0 Å². The predicted molar refractivity (Wildman–Crippen MR) is 107 cm³/mol. The van der Waals surface area contributed by atoms with Gasteiger partial charge in [0.2, 0.25) is 0 Å². The molecule has 0 aliphatic rings. The van der Waals surface area contributed by atoms with Crippen molar-refractivity contribution < 1.29 is 36.2 Å². The Morgan fingerprint density at radius 3 is 2.13 bits per heavy atom. The Kier molecular flexibility index (Phi) is 5.16. The molecule has 3 rings (SSSR count). The molecular formula is C17H15N3O8S2. The van der Waals surface area contributed by atoms with Gasteiger partial charge < -0.3 is 15.9 Å². The Labute approximate surface area is 170 Å². The van der Waals surface area contributed by atoms with Gasteiger partial charge in [0.1, 0.15) is 16.3 Å². The van der Waals surface area contributed by atoms with Gasteiger partial charge in [-0.15, -0.1) is 5.11 Å². The maximum Gasteiger partial charge on any atom is 0.296 e. The largest absolute Gasteiger partial charge is 0.507 e. The lowest BCUT2D eigenvalue weighted by Gasteiger charge is -2.11. The van der Waals surface area contributed by atoms with E-state index in [4.69, 9.17) is 5.73 Å². The lowest BCUT2D eigenvalue weighted by Crippen LogP contribution is -2.01. The first-order chi connectivity index (χ1) is 13.8. The van der Waals surface area contributed by atoms with Crippen LogP contribution in [0.5, 0.6) is 11.5 Å². The maximum atomic E-state index is 11.8. The quantitative estimate of drug-likeness (QED) is 0.223. The van der Waals surface area contributed by atoms with Crippen LogP contribution < -0.4 is 5.73 Å². The molecule has 0 unspecified atom stereocenters. The van der Waals surface area contributed by atoms with Crippen molar-refractivity contribution in [1.29, 1.82) is 0 Å². The van der Waals surface area contributed by atoms with E-state index < -0.39 is 47.2 Å². The van der Waals surface area contributed by atoms with Gasteiger partial charge in [0, 0.05) is 11.8 Å². The summed E-state index contributed by atoms with van der Waals surface area (Å²) >= 11 is 0. The van der Waals surface area contributed by atoms with Crippen LogP contribution in [0.15, 0.2) is 56.4 Å². The number of benzene rings is 3. The number of azo groups is 1. The highest BCUT2D eigenvalue weighted by atomic mass is 32.2. The highest BCUT2D eigenvalue weighted by Gasteiger charge is 2.25.